The molecule has 3 N–H and O–H groups in total. The van der Waals surface area contributed by atoms with Gasteiger partial charge in [0.25, 0.3) is 0 Å². The molecule has 0 spiro atoms. The number of rotatable bonds is 8. The summed E-state index contributed by atoms with van der Waals surface area (Å²) >= 11 is 0. The third-order valence-corrected chi connectivity index (χ3v) is 3.42. The van der Waals surface area contributed by atoms with Crippen molar-refractivity contribution in [2.45, 2.75) is 19.4 Å². The number of hydrogen-bond donors (Lipinski definition) is 3. The fraction of sp³-hybridized carbons (Fsp3) is 0.375. The monoisotopic (exact) mass is 319 g/mol. The molecule has 0 saturated heterocycles. The maximum absolute atomic E-state index is 11.8. The Balaban J connectivity index is 1.94. The summed E-state index contributed by atoms with van der Waals surface area (Å²) in [5.41, 5.74) is 1.70. The van der Waals surface area contributed by atoms with Gasteiger partial charge in [-0.25, -0.2) is 4.79 Å². The number of benzene rings is 1. The molecule has 0 aliphatic heterocycles. The van der Waals surface area contributed by atoms with E-state index in [1.165, 1.54) is 0 Å². The van der Waals surface area contributed by atoms with Gasteiger partial charge in [0.1, 0.15) is 0 Å². The molecule has 23 heavy (non-hydrogen) atoms. The molecule has 1 aromatic carbocycles. The minimum atomic E-state index is -0.866. The fourth-order valence-corrected chi connectivity index (χ4v) is 2.26. The second-order valence-corrected chi connectivity index (χ2v) is 5.15. The van der Waals surface area contributed by atoms with Gasteiger partial charge in [0.15, 0.2) is 0 Å². The molecule has 124 valence electrons. The number of hydrogen-bond acceptors (Lipinski definition) is 3. The number of fused-ring (bicyclic) bond motifs is 1. The summed E-state index contributed by atoms with van der Waals surface area (Å²) in [5, 5.41) is 15.0. The van der Waals surface area contributed by atoms with Crippen molar-refractivity contribution in [3.63, 3.8) is 0 Å². The van der Waals surface area contributed by atoms with E-state index in [-0.39, 0.29) is 12.5 Å². The number of methoxy groups -OCH3 is 1. The van der Waals surface area contributed by atoms with Crippen molar-refractivity contribution >= 4 is 28.6 Å². The number of carboxylic acid groups (broad SMARTS) is 1. The smallest absolute Gasteiger partial charge is 0.319 e. The highest BCUT2D eigenvalue weighted by Crippen LogP contribution is 2.20. The number of anilines is 1. The lowest BCUT2D eigenvalue weighted by atomic mass is 10.2. The second-order valence-electron chi connectivity index (χ2n) is 5.15. The van der Waals surface area contributed by atoms with E-state index in [0.29, 0.717) is 25.3 Å². The predicted octanol–water partition coefficient (Wildman–Crippen LogP) is 2.27. The Morgan fingerprint density at radius 2 is 2.13 bits per heavy atom. The van der Waals surface area contributed by atoms with E-state index >= 15 is 0 Å². The summed E-state index contributed by atoms with van der Waals surface area (Å²) in [6, 6.07) is 7.35. The van der Waals surface area contributed by atoms with Crippen LogP contribution >= 0.6 is 0 Å². The minimum Gasteiger partial charge on any atom is -0.481 e. The average molecular weight is 319 g/mol. The van der Waals surface area contributed by atoms with Crippen LogP contribution in [0.15, 0.2) is 30.5 Å². The maximum Gasteiger partial charge on any atom is 0.319 e. The Kier molecular flexibility index (Phi) is 5.99. The van der Waals surface area contributed by atoms with Crippen molar-refractivity contribution in [2.75, 3.05) is 25.6 Å². The van der Waals surface area contributed by atoms with Gasteiger partial charge in [-0.05, 0) is 30.0 Å². The third-order valence-electron chi connectivity index (χ3n) is 3.42. The molecule has 2 rings (SSSR count). The van der Waals surface area contributed by atoms with Gasteiger partial charge in [-0.15, -0.1) is 0 Å². The molecule has 0 unspecified atom stereocenters. The van der Waals surface area contributed by atoms with Crippen LogP contribution in [0.4, 0.5) is 10.5 Å². The van der Waals surface area contributed by atoms with E-state index in [1.807, 2.05) is 30.5 Å². The van der Waals surface area contributed by atoms with Gasteiger partial charge < -0.3 is 25.0 Å². The first kappa shape index (κ1) is 16.8. The van der Waals surface area contributed by atoms with Crippen LogP contribution in [0, 0.1) is 0 Å². The zero-order chi connectivity index (χ0) is 16.7. The van der Waals surface area contributed by atoms with E-state index < -0.39 is 5.97 Å². The summed E-state index contributed by atoms with van der Waals surface area (Å²) in [7, 11) is 1.66. The van der Waals surface area contributed by atoms with Crippen molar-refractivity contribution in [3.05, 3.63) is 30.5 Å². The van der Waals surface area contributed by atoms with Gasteiger partial charge in [-0.1, -0.05) is 6.07 Å². The zero-order valence-electron chi connectivity index (χ0n) is 13.0. The minimum absolute atomic E-state index is 0.0409. The summed E-state index contributed by atoms with van der Waals surface area (Å²) < 4.78 is 7.15. The Bertz CT molecular complexity index is 681. The van der Waals surface area contributed by atoms with Crippen LogP contribution < -0.4 is 10.6 Å². The number of amides is 2. The fourth-order valence-electron chi connectivity index (χ4n) is 2.26. The van der Waals surface area contributed by atoms with Crippen molar-refractivity contribution in [3.8, 4) is 0 Å². The van der Waals surface area contributed by atoms with E-state index in [1.54, 1.807) is 7.11 Å². The van der Waals surface area contributed by atoms with E-state index in [2.05, 4.69) is 15.2 Å². The number of carbonyl (C=O) groups excluding carboxylic acids is 1. The average Bonchev–Trinajstić information content (AvgIpc) is 2.92. The lowest BCUT2D eigenvalue weighted by molar-refractivity contribution is -0.137. The van der Waals surface area contributed by atoms with Crippen LogP contribution in [0.3, 0.4) is 0 Å². The largest absolute Gasteiger partial charge is 0.481 e. The van der Waals surface area contributed by atoms with Gasteiger partial charge >= 0.3 is 12.0 Å². The van der Waals surface area contributed by atoms with Crippen LogP contribution in [0.25, 0.3) is 10.9 Å². The third kappa shape index (κ3) is 5.00. The highest BCUT2D eigenvalue weighted by atomic mass is 16.5. The van der Waals surface area contributed by atoms with Crippen molar-refractivity contribution in [1.82, 2.24) is 9.88 Å². The van der Waals surface area contributed by atoms with E-state index in [0.717, 1.165) is 17.4 Å². The molecule has 7 nitrogen and oxygen atoms in total. The Morgan fingerprint density at radius 1 is 1.30 bits per heavy atom. The van der Waals surface area contributed by atoms with Gasteiger partial charge in [0.05, 0.1) is 12.1 Å². The number of aliphatic carboxylic acids is 1. The molecule has 0 atom stereocenters. The molecule has 2 amide bonds. The zero-order valence-corrected chi connectivity index (χ0v) is 13.0. The normalized spacial score (nSPS) is 10.7. The standard InChI is InChI=1S/C16H21N3O4/c1-23-10-9-19-8-6-12-4-5-13(11-14(12)19)18-16(22)17-7-2-3-15(20)21/h4-6,8,11H,2-3,7,9-10H2,1H3,(H,20,21)(H2,17,18,22). The lowest BCUT2D eigenvalue weighted by Crippen LogP contribution is -2.29. The van der Waals surface area contributed by atoms with Crippen molar-refractivity contribution < 1.29 is 19.4 Å². The van der Waals surface area contributed by atoms with Crippen LogP contribution in [0.2, 0.25) is 0 Å². The molecule has 7 heteroatoms. The molecule has 0 radical (unpaired) electrons. The van der Waals surface area contributed by atoms with Crippen molar-refractivity contribution in [2.24, 2.45) is 0 Å². The van der Waals surface area contributed by atoms with Crippen LogP contribution in [0.5, 0.6) is 0 Å². The molecule has 1 heterocycles. The summed E-state index contributed by atoms with van der Waals surface area (Å²) in [4.78, 5) is 22.2. The molecule has 0 bridgehead atoms. The first-order chi connectivity index (χ1) is 11.1. The summed E-state index contributed by atoms with van der Waals surface area (Å²) in [5.74, 6) is -0.866. The Morgan fingerprint density at radius 3 is 2.87 bits per heavy atom. The first-order valence-electron chi connectivity index (χ1n) is 7.44. The Hall–Kier alpha value is -2.54. The molecule has 2 aromatic rings. The number of ether oxygens (including phenoxy) is 1. The number of carboxylic acids is 1. The molecule has 0 aliphatic carbocycles. The SMILES string of the molecule is COCCn1ccc2ccc(NC(=O)NCCCC(=O)O)cc21. The molecular formula is C16H21N3O4. The number of nitrogens with one attached hydrogen (secondary N) is 2. The van der Waals surface area contributed by atoms with Gasteiger partial charge in [-0.3, -0.25) is 4.79 Å². The van der Waals surface area contributed by atoms with Crippen molar-refractivity contribution in [1.29, 1.82) is 0 Å². The van der Waals surface area contributed by atoms with Gasteiger partial charge in [0, 0.05) is 38.5 Å². The highest BCUT2D eigenvalue weighted by molar-refractivity contribution is 5.92. The number of urea groups is 1. The van der Waals surface area contributed by atoms with Crippen LogP contribution in [-0.4, -0.2) is 41.9 Å². The number of carbonyl (C=O) groups is 2. The van der Waals surface area contributed by atoms with Crippen LogP contribution in [0.1, 0.15) is 12.8 Å². The molecule has 0 aliphatic rings. The topological polar surface area (TPSA) is 92.6 Å². The molecule has 0 saturated carbocycles. The summed E-state index contributed by atoms with van der Waals surface area (Å²) in [6.45, 7) is 1.68. The lowest BCUT2D eigenvalue weighted by Gasteiger charge is -2.09. The van der Waals surface area contributed by atoms with E-state index in [4.69, 9.17) is 9.84 Å². The second kappa shape index (κ2) is 8.19. The quantitative estimate of drug-likeness (QED) is 0.651. The summed E-state index contributed by atoms with van der Waals surface area (Å²) in [6.07, 6.45) is 2.43. The Labute approximate surface area is 134 Å². The molecule has 1 aromatic heterocycles. The predicted molar refractivity (Wildman–Crippen MR) is 87.7 cm³/mol. The van der Waals surface area contributed by atoms with Gasteiger partial charge in [0.2, 0.25) is 0 Å². The molecule has 0 fully saturated rings. The maximum atomic E-state index is 11.8. The number of nitrogens with zero attached hydrogens (tertiary/aromatic N) is 1. The van der Waals surface area contributed by atoms with Gasteiger partial charge in [-0.2, -0.15) is 0 Å². The van der Waals surface area contributed by atoms with Crippen LogP contribution in [-0.2, 0) is 16.1 Å². The first-order valence-corrected chi connectivity index (χ1v) is 7.44. The van der Waals surface area contributed by atoms with E-state index in [9.17, 15) is 9.59 Å². The molecular weight excluding hydrogens is 298 g/mol. The highest BCUT2D eigenvalue weighted by Gasteiger charge is 2.06. The number of aromatic nitrogens is 1.